The van der Waals surface area contributed by atoms with E-state index in [-0.39, 0.29) is 6.54 Å². The van der Waals surface area contributed by atoms with Crippen LogP contribution >= 0.6 is 0 Å². The summed E-state index contributed by atoms with van der Waals surface area (Å²) in [5, 5.41) is 2.35. The van der Waals surface area contributed by atoms with Gasteiger partial charge in [-0.15, -0.1) is 0 Å². The second-order valence-electron chi connectivity index (χ2n) is 2.82. The molecule has 6 nitrogen and oxygen atoms in total. The molecule has 1 aromatic heterocycles. The molecule has 0 aromatic carbocycles. The number of nitrogens with one attached hydrogen (secondary N) is 1. The fourth-order valence-electron chi connectivity index (χ4n) is 0.846. The quantitative estimate of drug-likeness (QED) is 0.528. The van der Waals surface area contributed by atoms with Crippen molar-refractivity contribution >= 4 is 11.9 Å². The maximum atomic E-state index is 11.0. The van der Waals surface area contributed by atoms with Crippen molar-refractivity contribution in [3.8, 4) is 0 Å². The van der Waals surface area contributed by atoms with E-state index in [4.69, 9.17) is 0 Å². The van der Waals surface area contributed by atoms with Crippen LogP contribution in [0.5, 0.6) is 0 Å². The molecular formula is C9H11N3O3. The van der Waals surface area contributed by atoms with Crippen molar-refractivity contribution in [3.63, 3.8) is 0 Å². The molecule has 0 aliphatic heterocycles. The summed E-state index contributed by atoms with van der Waals surface area (Å²) in [5.74, 6) is -1.71. The second kappa shape index (κ2) is 5.04. The summed E-state index contributed by atoms with van der Waals surface area (Å²) in [5.41, 5.74) is 1.37. The van der Waals surface area contributed by atoms with Crippen LogP contribution in [0, 0.1) is 6.92 Å². The third-order valence-corrected chi connectivity index (χ3v) is 1.64. The molecule has 0 bridgehead atoms. The lowest BCUT2D eigenvalue weighted by molar-refractivity contribution is -0.152. The lowest BCUT2D eigenvalue weighted by Crippen LogP contribution is -2.31. The first-order valence-electron chi connectivity index (χ1n) is 4.27. The predicted octanol–water partition coefficient (Wildman–Crippen LogP) is -0.426. The molecule has 0 aliphatic carbocycles. The van der Waals surface area contributed by atoms with Gasteiger partial charge < -0.3 is 10.1 Å². The van der Waals surface area contributed by atoms with Gasteiger partial charge in [0.1, 0.15) is 0 Å². The summed E-state index contributed by atoms with van der Waals surface area (Å²) >= 11 is 0. The zero-order valence-electron chi connectivity index (χ0n) is 8.48. The monoisotopic (exact) mass is 209 g/mol. The molecule has 0 saturated carbocycles. The number of carbonyl (C=O) groups excluding carboxylic acids is 2. The van der Waals surface area contributed by atoms with Crippen LogP contribution in [0.1, 0.15) is 11.4 Å². The fraction of sp³-hybridized carbons (Fsp3) is 0.333. The van der Waals surface area contributed by atoms with Crippen LogP contribution < -0.4 is 5.32 Å². The van der Waals surface area contributed by atoms with Gasteiger partial charge in [0.25, 0.3) is 0 Å². The Labute approximate surface area is 86.7 Å². The van der Waals surface area contributed by atoms with E-state index in [2.05, 4.69) is 20.0 Å². The van der Waals surface area contributed by atoms with Crippen LogP contribution in [0.15, 0.2) is 12.4 Å². The van der Waals surface area contributed by atoms with E-state index in [1.807, 2.05) is 6.92 Å². The van der Waals surface area contributed by atoms with E-state index in [1.165, 1.54) is 6.20 Å². The van der Waals surface area contributed by atoms with Gasteiger partial charge in [-0.05, 0) is 6.92 Å². The molecule has 1 rings (SSSR count). The van der Waals surface area contributed by atoms with E-state index < -0.39 is 11.9 Å². The smallest absolute Gasteiger partial charge is 0.396 e. The summed E-state index contributed by atoms with van der Waals surface area (Å²) in [4.78, 5) is 29.7. The maximum Gasteiger partial charge on any atom is 0.396 e. The molecule has 1 aromatic rings. The molecule has 0 unspecified atom stereocenters. The summed E-state index contributed by atoms with van der Waals surface area (Å²) in [7, 11) is 1.15. The van der Waals surface area contributed by atoms with Crippen molar-refractivity contribution in [1.29, 1.82) is 0 Å². The topological polar surface area (TPSA) is 81.2 Å². The largest absolute Gasteiger partial charge is 0.462 e. The summed E-state index contributed by atoms with van der Waals surface area (Å²) in [6.07, 6.45) is 3.12. The van der Waals surface area contributed by atoms with Gasteiger partial charge in [0.2, 0.25) is 0 Å². The Hall–Kier alpha value is -1.98. The van der Waals surface area contributed by atoms with Crippen LogP contribution in [-0.2, 0) is 20.9 Å². The first-order valence-corrected chi connectivity index (χ1v) is 4.27. The number of hydrogen-bond acceptors (Lipinski definition) is 5. The molecule has 0 radical (unpaired) electrons. The number of methoxy groups -OCH3 is 1. The zero-order chi connectivity index (χ0) is 11.3. The zero-order valence-corrected chi connectivity index (χ0v) is 8.48. The van der Waals surface area contributed by atoms with Crippen molar-refractivity contribution in [2.45, 2.75) is 13.5 Å². The number of amides is 1. The van der Waals surface area contributed by atoms with Crippen molar-refractivity contribution < 1.29 is 14.3 Å². The third kappa shape index (κ3) is 3.34. The molecule has 1 N–H and O–H groups in total. The average molecular weight is 209 g/mol. The fourth-order valence-corrected chi connectivity index (χ4v) is 0.846. The van der Waals surface area contributed by atoms with Crippen molar-refractivity contribution in [2.75, 3.05) is 7.11 Å². The molecule has 0 aliphatic rings. The molecule has 0 spiro atoms. The van der Waals surface area contributed by atoms with Gasteiger partial charge in [-0.1, -0.05) is 0 Å². The van der Waals surface area contributed by atoms with Crippen LogP contribution in [0.2, 0.25) is 0 Å². The number of ether oxygens (including phenoxy) is 1. The van der Waals surface area contributed by atoms with Crippen LogP contribution in [0.25, 0.3) is 0 Å². The minimum Gasteiger partial charge on any atom is -0.462 e. The minimum absolute atomic E-state index is 0.154. The van der Waals surface area contributed by atoms with Gasteiger partial charge in [-0.3, -0.25) is 14.8 Å². The van der Waals surface area contributed by atoms with E-state index in [1.54, 1.807) is 6.20 Å². The Kier molecular flexibility index (Phi) is 3.73. The van der Waals surface area contributed by atoms with E-state index >= 15 is 0 Å². The summed E-state index contributed by atoms with van der Waals surface area (Å²) < 4.78 is 4.23. The number of nitrogens with zero attached hydrogens (tertiary/aromatic N) is 2. The Morgan fingerprint density at radius 2 is 2.13 bits per heavy atom. The lowest BCUT2D eigenvalue weighted by Gasteiger charge is -2.02. The molecule has 15 heavy (non-hydrogen) atoms. The number of carbonyl (C=O) groups is 2. The Morgan fingerprint density at radius 3 is 2.67 bits per heavy atom. The van der Waals surface area contributed by atoms with Gasteiger partial charge in [0.05, 0.1) is 31.2 Å². The van der Waals surface area contributed by atoms with Crippen LogP contribution in [0.3, 0.4) is 0 Å². The normalized spacial score (nSPS) is 9.47. The maximum absolute atomic E-state index is 11.0. The molecule has 1 heterocycles. The first-order chi connectivity index (χ1) is 7.13. The summed E-state index contributed by atoms with van der Waals surface area (Å²) in [6, 6.07) is 0. The highest BCUT2D eigenvalue weighted by Crippen LogP contribution is 1.93. The number of hydrogen-bond donors (Lipinski definition) is 1. The number of aryl methyl sites for hydroxylation is 1. The first kappa shape index (κ1) is 11.1. The van der Waals surface area contributed by atoms with Gasteiger partial charge in [-0.2, -0.15) is 0 Å². The number of rotatable bonds is 2. The SMILES string of the molecule is COC(=O)C(=O)NCc1cnc(C)cn1. The standard InChI is InChI=1S/C9H11N3O3/c1-6-3-11-7(4-10-6)5-12-8(13)9(14)15-2/h3-4H,5H2,1-2H3,(H,12,13). The summed E-state index contributed by atoms with van der Waals surface area (Å²) in [6.45, 7) is 1.96. The number of aromatic nitrogens is 2. The van der Waals surface area contributed by atoms with E-state index in [0.29, 0.717) is 5.69 Å². The molecule has 0 fully saturated rings. The molecule has 0 atom stereocenters. The molecular weight excluding hydrogens is 198 g/mol. The van der Waals surface area contributed by atoms with Gasteiger partial charge >= 0.3 is 11.9 Å². The molecule has 80 valence electrons. The van der Waals surface area contributed by atoms with Gasteiger partial charge in [0, 0.05) is 6.20 Å². The minimum atomic E-state index is -0.921. The number of esters is 1. The highest BCUT2D eigenvalue weighted by molar-refractivity contribution is 6.32. The average Bonchev–Trinajstić information content (AvgIpc) is 2.26. The van der Waals surface area contributed by atoms with Crippen LogP contribution in [-0.4, -0.2) is 29.0 Å². The molecule has 6 heteroatoms. The van der Waals surface area contributed by atoms with Crippen molar-refractivity contribution in [2.24, 2.45) is 0 Å². The van der Waals surface area contributed by atoms with Gasteiger partial charge in [0.15, 0.2) is 0 Å². The van der Waals surface area contributed by atoms with Crippen LogP contribution in [0.4, 0.5) is 0 Å². The predicted molar refractivity (Wildman–Crippen MR) is 50.6 cm³/mol. The highest BCUT2D eigenvalue weighted by atomic mass is 16.5. The molecule has 1 amide bonds. The molecule has 0 saturated heterocycles. The second-order valence-corrected chi connectivity index (χ2v) is 2.82. The van der Waals surface area contributed by atoms with Crippen molar-refractivity contribution in [1.82, 2.24) is 15.3 Å². The Morgan fingerprint density at radius 1 is 1.40 bits per heavy atom. The van der Waals surface area contributed by atoms with Gasteiger partial charge in [-0.25, -0.2) is 4.79 Å². The highest BCUT2D eigenvalue weighted by Gasteiger charge is 2.12. The lowest BCUT2D eigenvalue weighted by atomic mass is 10.4. The van der Waals surface area contributed by atoms with E-state index in [9.17, 15) is 9.59 Å². The Bertz CT molecular complexity index is 361. The Balaban J connectivity index is 2.47. The van der Waals surface area contributed by atoms with E-state index in [0.717, 1.165) is 12.8 Å². The third-order valence-electron chi connectivity index (χ3n) is 1.64. The van der Waals surface area contributed by atoms with Crippen molar-refractivity contribution in [3.05, 3.63) is 23.8 Å².